The Morgan fingerprint density at radius 1 is 1.43 bits per heavy atom. The molecule has 8 heteroatoms. The van der Waals surface area contributed by atoms with Crippen molar-refractivity contribution in [3.05, 3.63) is 45.9 Å². The second-order valence-corrected chi connectivity index (χ2v) is 5.97. The maximum absolute atomic E-state index is 11.8. The Bertz CT molecular complexity index is 633. The summed E-state index contributed by atoms with van der Waals surface area (Å²) in [5.74, 6) is -1.09. The summed E-state index contributed by atoms with van der Waals surface area (Å²) in [6.07, 6.45) is 1.75. The monoisotopic (exact) mass is 369 g/mol. The SMILES string of the molecule is O=C(Nc1nccs1)NC(Cc1cccc(Br)c1)C(=O)O. The van der Waals surface area contributed by atoms with Gasteiger partial charge in [-0.2, -0.15) is 0 Å². The maximum atomic E-state index is 11.8. The molecule has 1 aromatic heterocycles. The fraction of sp³-hybridized carbons (Fsp3) is 0.154. The molecule has 2 rings (SSSR count). The minimum absolute atomic E-state index is 0.195. The minimum Gasteiger partial charge on any atom is -0.480 e. The van der Waals surface area contributed by atoms with E-state index in [4.69, 9.17) is 0 Å². The second kappa shape index (κ2) is 7.19. The molecule has 1 atom stereocenters. The number of thiazole rings is 1. The van der Waals surface area contributed by atoms with Crippen molar-refractivity contribution in [1.29, 1.82) is 0 Å². The summed E-state index contributed by atoms with van der Waals surface area (Å²) in [5.41, 5.74) is 0.811. The number of nitrogens with zero attached hydrogens (tertiary/aromatic N) is 1. The van der Waals surface area contributed by atoms with E-state index in [0.29, 0.717) is 5.13 Å². The highest BCUT2D eigenvalue weighted by molar-refractivity contribution is 9.10. The van der Waals surface area contributed by atoms with Gasteiger partial charge in [0.25, 0.3) is 0 Å². The number of carbonyl (C=O) groups excluding carboxylic acids is 1. The number of hydrogen-bond acceptors (Lipinski definition) is 4. The average molecular weight is 370 g/mol. The van der Waals surface area contributed by atoms with Gasteiger partial charge in [-0.3, -0.25) is 5.32 Å². The van der Waals surface area contributed by atoms with Crippen molar-refractivity contribution in [2.24, 2.45) is 0 Å². The number of nitrogens with one attached hydrogen (secondary N) is 2. The number of aliphatic carboxylic acids is 1. The van der Waals surface area contributed by atoms with E-state index in [-0.39, 0.29) is 6.42 Å². The Kier molecular flexibility index (Phi) is 5.29. The van der Waals surface area contributed by atoms with Crippen molar-refractivity contribution >= 4 is 44.4 Å². The number of rotatable bonds is 5. The van der Waals surface area contributed by atoms with Crippen molar-refractivity contribution < 1.29 is 14.7 Å². The van der Waals surface area contributed by atoms with Crippen LogP contribution in [0.1, 0.15) is 5.56 Å². The van der Waals surface area contributed by atoms with Crippen molar-refractivity contribution in [2.45, 2.75) is 12.5 Å². The highest BCUT2D eigenvalue weighted by Gasteiger charge is 2.20. The summed E-state index contributed by atoms with van der Waals surface area (Å²) in [5, 5.41) is 16.3. The number of benzene rings is 1. The van der Waals surface area contributed by atoms with Gasteiger partial charge >= 0.3 is 12.0 Å². The fourth-order valence-electron chi connectivity index (χ4n) is 1.68. The lowest BCUT2D eigenvalue weighted by Gasteiger charge is -2.14. The molecular weight excluding hydrogens is 358 g/mol. The topological polar surface area (TPSA) is 91.3 Å². The highest BCUT2D eigenvalue weighted by atomic mass is 79.9. The molecule has 1 heterocycles. The molecule has 2 aromatic rings. The van der Waals surface area contributed by atoms with Gasteiger partial charge in [0.1, 0.15) is 6.04 Å². The summed E-state index contributed by atoms with van der Waals surface area (Å²) < 4.78 is 0.858. The molecule has 2 amide bonds. The zero-order valence-corrected chi connectivity index (χ0v) is 13.1. The first-order chi connectivity index (χ1) is 10.0. The molecule has 0 aliphatic heterocycles. The zero-order valence-electron chi connectivity index (χ0n) is 10.7. The van der Waals surface area contributed by atoms with E-state index >= 15 is 0 Å². The molecule has 0 bridgehead atoms. The van der Waals surface area contributed by atoms with Crippen LogP contribution in [0.25, 0.3) is 0 Å². The second-order valence-electron chi connectivity index (χ2n) is 4.16. The molecule has 0 saturated carbocycles. The smallest absolute Gasteiger partial charge is 0.326 e. The van der Waals surface area contributed by atoms with Gasteiger partial charge in [0, 0.05) is 22.5 Å². The third-order valence-electron chi connectivity index (χ3n) is 2.59. The molecule has 1 unspecified atom stereocenters. The summed E-state index contributed by atoms with van der Waals surface area (Å²) in [6, 6.07) is 5.68. The van der Waals surface area contributed by atoms with E-state index in [1.165, 1.54) is 11.3 Å². The summed E-state index contributed by atoms with van der Waals surface area (Å²) in [7, 11) is 0. The van der Waals surface area contributed by atoms with Crippen LogP contribution in [0.5, 0.6) is 0 Å². The summed E-state index contributed by atoms with van der Waals surface area (Å²) in [4.78, 5) is 26.9. The Labute approximate surface area is 133 Å². The Hall–Kier alpha value is -1.93. The maximum Gasteiger partial charge on any atom is 0.326 e. The van der Waals surface area contributed by atoms with Gasteiger partial charge in [-0.05, 0) is 17.7 Å². The van der Waals surface area contributed by atoms with Crippen LogP contribution in [0.4, 0.5) is 9.93 Å². The number of urea groups is 1. The van der Waals surface area contributed by atoms with Crippen LogP contribution in [-0.4, -0.2) is 28.1 Å². The number of aromatic nitrogens is 1. The van der Waals surface area contributed by atoms with Crippen LogP contribution >= 0.6 is 27.3 Å². The zero-order chi connectivity index (χ0) is 15.2. The fourth-order valence-corrected chi connectivity index (χ4v) is 2.65. The van der Waals surface area contributed by atoms with Crippen LogP contribution in [0.15, 0.2) is 40.3 Å². The summed E-state index contributed by atoms with van der Waals surface area (Å²) in [6.45, 7) is 0. The van der Waals surface area contributed by atoms with E-state index in [1.807, 2.05) is 18.2 Å². The Morgan fingerprint density at radius 3 is 2.86 bits per heavy atom. The minimum atomic E-state index is -1.09. The number of amides is 2. The van der Waals surface area contributed by atoms with Crippen LogP contribution in [0.2, 0.25) is 0 Å². The highest BCUT2D eigenvalue weighted by Crippen LogP contribution is 2.14. The molecule has 21 heavy (non-hydrogen) atoms. The number of carboxylic acids is 1. The molecule has 1 aromatic carbocycles. The van der Waals surface area contributed by atoms with E-state index in [1.54, 1.807) is 17.6 Å². The van der Waals surface area contributed by atoms with Crippen molar-refractivity contribution in [3.63, 3.8) is 0 Å². The molecule has 0 aliphatic carbocycles. The average Bonchev–Trinajstić information content (AvgIpc) is 2.90. The number of carbonyl (C=O) groups is 2. The van der Waals surface area contributed by atoms with Crippen LogP contribution < -0.4 is 10.6 Å². The molecule has 0 aliphatic rings. The number of halogens is 1. The van der Waals surface area contributed by atoms with Gasteiger partial charge in [0.05, 0.1) is 0 Å². The molecular formula is C13H12BrN3O3S. The lowest BCUT2D eigenvalue weighted by molar-refractivity contribution is -0.139. The standard InChI is InChI=1S/C13H12BrN3O3S/c14-9-3-1-2-8(6-9)7-10(11(18)19)16-12(20)17-13-15-4-5-21-13/h1-6,10H,7H2,(H,18,19)(H2,15,16,17,20). The largest absolute Gasteiger partial charge is 0.480 e. The van der Waals surface area contributed by atoms with E-state index in [9.17, 15) is 14.7 Å². The third-order valence-corrected chi connectivity index (χ3v) is 3.77. The first kappa shape index (κ1) is 15.5. The molecule has 3 N–H and O–H groups in total. The lowest BCUT2D eigenvalue weighted by Crippen LogP contribution is -2.44. The number of hydrogen-bond donors (Lipinski definition) is 3. The van der Waals surface area contributed by atoms with Crippen molar-refractivity contribution in [2.75, 3.05) is 5.32 Å². The first-order valence-electron chi connectivity index (χ1n) is 5.99. The predicted molar refractivity (Wildman–Crippen MR) is 83.5 cm³/mol. The normalized spacial score (nSPS) is 11.7. The first-order valence-corrected chi connectivity index (χ1v) is 7.66. The molecule has 0 spiro atoms. The van der Waals surface area contributed by atoms with Crippen LogP contribution in [0, 0.1) is 0 Å². The molecule has 0 saturated heterocycles. The van der Waals surface area contributed by atoms with Gasteiger partial charge < -0.3 is 10.4 Å². The third kappa shape index (κ3) is 4.83. The van der Waals surface area contributed by atoms with Gasteiger partial charge in [0.15, 0.2) is 5.13 Å². The lowest BCUT2D eigenvalue weighted by atomic mass is 10.1. The van der Waals surface area contributed by atoms with E-state index in [2.05, 4.69) is 31.5 Å². The van der Waals surface area contributed by atoms with Gasteiger partial charge in [-0.25, -0.2) is 14.6 Å². The predicted octanol–water partition coefficient (Wildman–Crippen LogP) is 2.72. The Balaban J connectivity index is 1.99. The van der Waals surface area contributed by atoms with E-state index in [0.717, 1.165) is 10.0 Å². The number of carboxylic acid groups (broad SMARTS) is 1. The van der Waals surface area contributed by atoms with Crippen LogP contribution in [-0.2, 0) is 11.2 Å². The van der Waals surface area contributed by atoms with Crippen molar-refractivity contribution in [3.8, 4) is 0 Å². The quantitative estimate of drug-likeness (QED) is 0.755. The number of anilines is 1. The van der Waals surface area contributed by atoms with Gasteiger partial charge in [-0.1, -0.05) is 28.1 Å². The summed E-state index contributed by atoms with van der Waals surface area (Å²) >= 11 is 4.58. The van der Waals surface area contributed by atoms with Crippen LogP contribution in [0.3, 0.4) is 0 Å². The Morgan fingerprint density at radius 2 is 2.24 bits per heavy atom. The van der Waals surface area contributed by atoms with Gasteiger partial charge in [-0.15, -0.1) is 11.3 Å². The van der Waals surface area contributed by atoms with Gasteiger partial charge in [0.2, 0.25) is 0 Å². The molecule has 110 valence electrons. The molecule has 6 nitrogen and oxygen atoms in total. The molecule has 0 radical (unpaired) electrons. The van der Waals surface area contributed by atoms with E-state index < -0.39 is 18.0 Å². The van der Waals surface area contributed by atoms with Crippen molar-refractivity contribution in [1.82, 2.24) is 10.3 Å². The molecule has 0 fully saturated rings.